The Kier molecular flexibility index (Phi) is 7.70. The minimum atomic E-state index is -3.55. The Morgan fingerprint density at radius 2 is 1.77 bits per heavy atom. The predicted molar refractivity (Wildman–Crippen MR) is 108 cm³/mol. The molecule has 8 heteroatoms. The van der Waals surface area contributed by atoms with E-state index in [1.54, 1.807) is 22.5 Å². The van der Waals surface area contributed by atoms with Crippen LogP contribution in [-0.2, 0) is 14.8 Å². The fourth-order valence-electron chi connectivity index (χ4n) is 3.17. The summed E-state index contributed by atoms with van der Waals surface area (Å²) in [7, 11) is -3.55. The van der Waals surface area contributed by atoms with Gasteiger partial charge in [0.1, 0.15) is 0 Å². The SMILES string of the molecule is Cl.NCCCOC1CCN(S(=O)(=O)c2ccc(Cl)c3ccccc23)CC1. The number of hydrogen-bond acceptors (Lipinski definition) is 4. The van der Waals surface area contributed by atoms with E-state index in [0.717, 1.165) is 11.8 Å². The molecule has 0 amide bonds. The second kappa shape index (κ2) is 9.35. The Bertz CT molecular complexity index is 837. The molecule has 0 unspecified atom stereocenters. The van der Waals surface area contributed by atoms with Gasteiger partial charge in [0.05, 0.1) is 11.0 Å². The number of nitrogens with two attached hydrogens (primary N) is 1. The van der Waals surface area contributed by atoms with Gasteiger partial charge in [-0.1, -0.05) is 35.9 Å². The second-order valence-corrected chi connectivity index (χ2v) is 8.52. The molecule has 3 rings (SSSR count). The summed E-state index contributed by atoms with van der Waals surface area (Å²) in [6, 6.07) is 10.6. The van der Waals surface area contributed by atoms with Crippen molar-refractivity contribution in [2.75, 3.05) is 26.2 Å². The second-order valence-electron chi connectivity index (χ2n) is 6.21. The Balaban J connectivity index is 0.00000243. The average Bonchev–Trinajstić information content (AvgIpc) is 2.63. The highest BCUT2D eigenvalue weighted by atomic mass is 35.5. The van der Waals surface area contributed by atoms with Crippen molar-refractivity contribution < 1.29 is 13.2 Å². The molecule has 0 spiro atoms. The van der Waals surface area contributed by atoms with E-state index in [2.05, 4.69) is 0 Å². The minimum Gasteiger partial charge on any atom is -0.378 e. The smallest absolute Gasteiger partial charge is 0.243 e. The van der Waals surface area contributed by atoms with Crippen molar-refractivity contribution in [1.29, 1.82) is 0 Å². The Morgan fingerprint density at radius 1 is 1.12 bits per heavy atom. The van der Waals surface area contributed by atoms with E-state index in [-0.39, 0.29) is 18.5 Å². The third-order valence-electron chi connectivity index (χ3n) is 4.55. The minimum absolute atomic E-state index is 0. The average molecular weight is 419 g/mol. The molecule has 0 radical (unpaired) electrons. The van der Waals surface area contributed by atoms with Gasteiger partial charge in [0.15, 0.2) is 0 Å². The molecule has 1 fully saturated rings. The van der Waals surface area contributed by atoms with E-state index < -0.39 is 10.0 Å². The molecule has 0 aromatic heterocycles. The van der Waals surface area contributed by atoms with Crippen molar-refractivity contribution in [3.8, 4) is 0 Å². The van der Waals surface area contributed by atoms with Gasteiger partial charge in [-0.05, 0) is 37.9 Å². The monoisotopic (exact) mass is 418 g/mol. The van der Waals surface area contributed by atoms with Crippen LogP contribution in [-0.4, -0.2) is 45.1 Å². The number of hydrogen-bond donors (Lipinski definition) is 1. The molecule has 1 saturated heterocycles. The van der Waals surface area contributed by atoms with Crippen molar-refractivity contribution in [3.05, 3.63) is 41.4 Å². The van der Waals surface area contributed by atoms with Crippen molar-refractivity contribution >= 4 is 44.8 Å². The first-order chi connectivity index (χ1) is 12.0. The van der Waals surface area contributed by atoms with E-state index in [9.17, 15) is 8.42 Å². The Morgan fingerprint density at radius 3 is 2.42 bits per heavy atom. The van der Waals surface area contributed by atoms with Gasteiger partial charge in [0, 0.05) is 35.5 Å². The van der Waals surface area contributed by atoms with Gasteiger partial charge < -0.3 is 10.5 Å². The van der Waals surface area contributed by atoms with Crippen LogP contribution in [0.25, 0.3) is 10.8 Å². The van der Waals surface area contributed by atoms with Crippen LogP contribution in [0.2, 0.25) is 5.02 Å². The molecule has 1 aliphatic rings. The van der Waals surface area contributed by atoms with Crippen LogP contribution in [0.4, 0.5) is 0 Å². The standard InChI is InChI=1S/C18H23ClN2O3S.ClH/c19-17-6-7-18(16-5-2-1-4-15(16)17)25(22,23)21-11-8-14(9-12-21)24-13-3-10-20;/h1-2,4-7,14H,3,8-13,20H2;1H. The highest BCUT2D eigenvalue weighted by Crippen LogP contribution is 2.32. The summed E-state index contributed by atoms with van der Waals surface area (Å²) < 4.78 is 33.5. The maximum atomic E-state index is 13.1. The molecule has 0 bridgehead atoms. The molecule has 26 heavy (non-hydrogen) atoms. The van der Waals surface area contributed by atoms with Crippen LogP contribution >= 0.6 is 24.0 Å². The van der Waals surface area contributed by atoms with E-state index in [1.807, 2.05) is 18.2 Å². The van der Waals surface area contributed by atoms with Crippen LogP contribution in [0.15, 0.2) is 41.3 Å². The first kappa shape index (κ1) is 21.4. The van der Waals surface area contributed by atoms with Crippen LogP contribution < -0.4 is 5.73 Å². The number of nitrogens with zero attached hydrogens (tertiary/aromatic N) is 1. The van der Waals surface area contributed by atoms with Gasteiger partial charge in [0.25, 0.3) is 0 Å². The van der Waals surface area contributed by atoms with Crippen LogP contribution in [0.1, 0.15) is 19.3 Å². The molecule has 5 nitrogen and oxygen atoms in total. The topological polar surface area (TPSA) is 72.6 Å². The third-order valence-corrected chi connectivity index (χ3v) is 6.84. The molecule has 0 atom stereocenters. The summed E-state index contributed by atoms with van der Waals surface area (Å²) in [5.74, 6) is 0. The molecule has 0 aliphatic carbocycles. The van der Waals surface area contributed by atoms with Gasteiger partial charge in [-0.2, -0.15) is 4.31 Å². The quantitative estimate of drug-likeness (QED) is 0.729. The van der Waals surface area contributed by atoms with E-state index >= 15 is 0 Å². The number of rotatable bonds is 6. The molecule has 2 aromatic carbocycles. The van der Waals surface area contributed by atoms with Gasteiger partial charge in [-0.25, -0.2) is 8.42 Å². The zero-order valence-electron chi connectivity index (χ0n) is 14.4. The number of ether oxygens (including phenoxy) is 1. The van der Waals surface area contributed by atoms with Gasteiger partial charge in [-0.15, -0.1) is 12.4 Å². The summed E-state index contributed by atoms with van der Waals surface area (Å²) in [5.41, 5.74) is 5.47. The van der Waals surface area contributed by atoms with Crippen LogP contribution in [0.3, 0.4) is 0 Å². The van der Waals surface area contributed by atoms with Crippen LogP contribution in [0, 0.1) is 0 Å². The van der Waals surface area contributed by atoms with Gasteiger partial charge >= 0.3 is 0 Å². The van der Waals surface area contributed by atoms with Crippen molar-refractivity contribution in [3.63, 3.8) is 0 Å². The zero-order valence-corrected chi connectivity index (χ0v) is 16.8. The van der Waals surface area contributed by atoms with Crippen molar-refractivity contribution in [2.45, 2.75) is 30.3 Å². The number of fused-ring (bicyclic) bond motifs is 1. The van der Waals surface area contributed by atoms with E-state index in [4.69, 9.17) is 22.1 Å². The van der Waals surface area contributed by atoms with Gasteiger partial charge in [0.2, 0.25) is 10.0 Å². The lowest BCUT2D eigenvalue weighted by molar-refractivity contribution is 0.0209. The van der Waals surface area contributed by atoms with Crippen LogP contribution in [0.5, 0.6) is 0 Å². The lowest BCUT2D eigenvalue weighted by Gasteiger charge is -2.31. The van der Waals surface area contributed by atoms with Gasteiger partial charge in [-0.3, -0.25) is 0 Å². The normalized spacial score (nSPS) is 16.5. The first-order valence-electron chi connectivity index (χ1n) is 8.53. The lowest BCUT2D eigenvalue weighted by atomic mass is 10.1. The highest BCUT2D eigenvalue weighted by molar-refractivity contribution is 7.89. The number of benzene rings is 2. The molecular weight excluding hydrogens is 395 g/mol. The summed E-state index contributed by atoms with van der Waals surface area (Å²) in [5, 5.41) is 1.98. The summed E-state index contributed by atoms with van der Waals surface area (Å²) in [4.78, 5) is 0.315. The molecule has 1 aliphatic heterocycles. The molecule has 144 valence electrons. The molecule has 1 heterocycles. The Labute approximate surface area is 165 Å². The largest absolute Gasteiger partial charge is 0.378 e. The fraction of sp³-hybridized carbons (Fsp3) is 0.444. The number of sulfonamides is 1. The molecule has 2 N–H and O–H groups in total. The summed E-state index contributed by atoms with van der Waals surface area (Å²) in [6.07, 6.45) is 2.35. The summed E-state index contributed by atoms with van der Waals surface area (Å²) in [6.45, 7) is 2.17. The maximum Gasteiger partial charge on any atom is 0.243 e. The molecular formula is C18H24Cl2N2O3S. The molecule has 2 aromatic rings. The third kappa shape index (κ3) is 4.50. The number of piperidine rings is 1. The lowest BCUT2D eigenvalue weighted by Crippen LogP contribution is -2.41. The maximum absolute atomic E-state index is 13.1. The first-order valence-corrected chi connectivity index (χ1v) is 10.3. The van der Waals surface area contributed by atoms with Crippen molar-refractivity contribution in [1.82, 2.24) is 4.31 Å². The highest BCUT2D eigenvalue weighted by Gasteiger charge is 2.31. The fourth-order valence-corrected chi connectivity index (χ4v) is 5.06. The van der Waals surface area contributed by atoms with Crippen molar-refractivity contribution in [2.24, 2.45) is 5.73 Å². The molecule has 0 saturated carbocycles. The van der Waals surface area contributed by atoms with E-state index in [1.165, 1.54) is 0 Å². The summed E-state index contributed by atoms with van der Waals surface area (Å²) >= 11 is 6.21. The Hall–Kier alpha value is -0.890. The zero-order chi connectivity index (χ0) is 17.9. The number of halogens is 2. The predicted octanol–water partition coefficient (Wildman–Crippen LogP) is 3.43. The van der Waals surface area contributed by atoms with E-state index in [0.29, 0.717) is 54.4 Å².